The Labute approximate surface area is 390 Å². The highest BCUT2D eigenvalue weighted by molar-refractivity contribution is 5.77. The predicted octanol–water partition coefficient (Wildman–Crippen LogP) is 9.64. The Morgan fingerprint density at radius 2 is 1.11 bits per heavy atom. The summed E-state index contributed by atoms with van der Waals surface area (Å²) < 4.78 is 4.55. The van der Waals surface area contributed by atoms with E-state index in [0.717, 1.165) is 124 Å². The summed E-state index contributed by atoms with van der Waals surface area (Å²) in [6, 6.07) is 23.3. The molecule has 10 nitrogen and oxygen atoms in total. The quantitative estimate of drug-likeness (QED) is 0.107. The molecule has 0 spiro atoms. The summed E-state index contributed by atoms with van der Waals surface area (Å²) in [5.41, 5.74) is 13.6. The summed E-state index contributed by atoms with van der Waals surface area (Å²) in [4.78, 5) is 29.5. The second-order valence-electron chi connectivity index (χ2n) is 19.0. The summed E-state index contributed by atoms with van der Waals surface area (Å²) in [7, 11) is 2.23. The van der Waals surface area contributed by atoms with E-state index >= 15 is 0 Å². The average molecular weight is 877 g/mol. The molecule has 2 aromatic carbocycles. The molecular formula is C55H76N10. The molecule has 0 bridgehead atoms. The molecule has 1 unspecified atom stereocenters. The smallest absolute Gasteiger partial charge is 0.160 e. The van der Waals surface area contributed by atoms with Crippen LogP contribution < -0.4 is 0 Å². The van der Waals surface area contributed by atoms with E-state index in [1.165, 1.54) is 39.9 Å². The van der Waals surface area contributed by atoms with Gasteiger partial charge >= 0.3 is 0 Å². The van der Waals surface area contributed by atoms with Crippen LogP contribution in [0.1, 0.15) is 98.0 Å². The van der Waals surface area contributed by atoms with E-state index in [0.29, 0.717) is 18.0 Å². The fourth-order valence-electron chi connectivity index (χ4n) is 9.82. The molecular weight excluding hydrogens is 801 g/mol. The number of pyridine rings is 2. The predicted molar refractivity (Wildman–Crippen MR) is 273 cm³/mol. The zero-order valence-corrected chi connectivity index (χ0v) is 41.5. The minimum absolute atomic E-state index is 0.634. The lowest BCUT2D eigenvalue weighted by Gasteiger charge is -2.41. The lowest BCUT2D eigenvalue weighted by atomic mass is 10.00. The summed E-state index contributed by atoms with van der Waals surface area (Å²) in [6.45, 7) is 33.7. The first kappa shape index (κ1) is 47.9. The fourth-order valence-corrected chi connectivity index (χ4v) is 9.82. The van der Waals surface area contributed by atoms with Gasteiger partial charge in [0.1, 0.15) is 22.7 Å². The van der Waals surface area contributed by atoms with Crippen LogP contribution in [0.5, 0.6) is 0 Å². The van der Waals surface area contributed by atoms with Crippen LogP contribution >= 0.6 is 0 Å². The molecule has 2 aliphatic heterocycles. The van der Waals surface area contributed by atoms with E-state index in [2.05, 4.69) is 190 Å². The molecule has 346 valence electrons. The van der Waals surface area contributed by atoms with Gasteiger partial charge in [0, 0.05) is 88.7 Å². The van der Waals surface area contributed by atoms with Gasteiger partial charge in [-0.25, -0.2) is 19.9 Å². The van der Waals surface area contributed by atoms with Crippen molar-refractivity contribution < 1.29 is 0 Å². The highest BCUT2D eigenvalue weighted by atomic mass is 15.3. The van der Waals surface area contributed by atoms with Crippen molar-refractivity contribution in [3.63, 3.8) is 0 Å². The standard InChI is InChI=1S/C28H39N5.C27H37N5/c1-7-26-30-27-21(4)17-22(5)29-28(27)33(26)18-24-12-10-23(11-13-24)9-8-14-32-16-15-31(6)19-25(32)20(2)3;1-6-25-29-26-20(3)17-21(4)28-27(26)32(25)19-24-12-10-23(11-13-24)9-8-14-30-15-16-31(7-2)22(5)18-30/h8-13,17,20,25H,7,14-16,18-19H2,1-6H3;8-13,17,22H,6-7,14-16,18-19H2,1-5H3/t25-;/m1./s1. The number of nitrogens with zero attached hydrogens (tertiary/aromatic N) is 10. The SMILES string of the molecule is CCc1nc2c(C)cc(C)nc2n1Cc1ccc(C=CCN2CCN(C)C[C@@H]2C(C)C)cc1.CCc1nc2c(C)cc(C)nc2n1Cc1ccc(C=CCN2CCN(CC)C(C)C2)cc1. The number of hydrogen-bond donors (Lipinski definition) is 0. The van der Waals surface area contributed by atoms with E-state index in [1.807, 2.05) is 0 Å². The van der Waals surface area contributed by atoms with Crippen LogP contribution in [0.25, 0.3) is 34.5 Å². The summed E-state index contributed by atoms with van der Waals surface area (Å²) in [5.74, 6) is 2.87. The topological polar surface area (TPSA) is 74.4 Å². The van der Waals surface area contributed by atoms with Gasteiger partial charge < -0.3 is 14.0 Å². The van der Waals surface area contributed by atoms with Crippen molar-refractivity contribution in [1.29, 1.82) is 0 Å². The first-order valence-corrected chi connectivity index (χ1v) is 24.4. The molecule has 4 aromatic heterocycles. The van der Waals surface area contributed by atoms with E-state index in [1.54, 1.807) is 0 Å². The zero-order valence-electron chi connectivity index (χ0n) is 41.5. The number of imidazole rings is 2. The van der Waals surface area contributed by atoms with Gasteiger partial charge in [0.25, 0.3) is 0 Å². The number of hydrogen-bond acceptors (Lipinski definition) is 8. The maximum absolute atomic E-state index is 4.88. The Hall–Kier alpha value is -5.00. The van der Waals surface area contributed by atoms with Crippen LogP contribution in [0.4, 0.5) is 0 Å². The first-order chi connectivity index (χ1) is 31.3. The fraction of sp³-hybridized carbons (Fsp3) is 0.491. The Balaban J connectivity index is 0.000000194. The molecule has 2 atom stereocenters. The second-order valence-corrected chi connectivity index (χ2v) is 19.0. The minimum Gasteiger partial charge on any atom is -0.308 e. The van der Waals surface area contributed by atoms with Gasteiger partial charge in [0.2, 0.25) is 0 Å². The van der Waals surface area contributed by atoms with Crippen molar-refractivity contribution in [3.8, 4) is 0 Å². The Morgan fingerprint density at radius 3 is 1.57 bits per heavy atom. The number of piperazine rings is 2. The van der Waals surface area contributed by atoms with Gasteiger partial charge in [-0.3, -0.25) is 14.7 Å². The van der Waals surface area contributed by atoms with E-state index in [4.69, 9.17) is 19.9 Å². The molecule has 6 aromatic rings. The second kappa shape index (κ2) is 22.0. The van der Waals surface area contributed by atoms with E-state index in [9.17, 15) is 0 Å². The van der Waals surface area contributed by atoms with Gasteiger partial charge in [-0.15, -0.1) is 0 Å². The van der Waals surface area contributed by atoms with Gasteiger partial charge in [0.15, 0.2) is 11.3 Å². The normalized spacial score (nSPS) is 18.2. The van der Waals surface area contributed by atoms with Gasteiger partial charge in [-0.2, -0.15) is 0 Å². The molecule has 0 radical (unpaired) electrons. The zero-order chi connectivity index (χ0) is 46.2. The summed E-state index contributed by atoms with van der Waals surface area (Å²) in [5, 5.41) is 0. The van der Waals surface area contributed by atoms with Crippen LogP contribution in [-0.2, 0) is 25.9 Å². The molecule has 0 amide bonds. The molecule has 0 saturated carbocycles. The molecule has 6 heterocycles. The van der Waals surface area contributed by atoms with E-state index < -0.39 is 0 Å². The monoisotopic (exact) mass is 877 g/mol. The molecule has 0 aliphatic carbocycles. The Morgan fingerprint density at radius 1 is 0.615 bits per heavy atom. The Kier molecular flexibility index (Phi) is 16.2. The first-order valence-electron chi connectivity index (χ1n) is 24.4. The van der Waals surface area contributed by atoms with Crippen molar-refractivity contribution in [3.05, 3.63) is 129 Å². The van der Waals surface area contributed by atoms with Crippen LogP contribution in [-0.4, -0.2) is 127 Å². The van der Waals surface area contributed by atoms with Gasteiger partial charge in [-0.1, -0.05) is 107 Å². The van der Waals surface area contributed by atoms with Gasteiger partial charge in [0.05, 0.1) is 13.1 Å². The van der Waals surface area contributed by atoms with Crippen molar-refractivity contribution in [2.75, 3.05) is 66.0 Å². The summed E-state index contributed by atoms with van der Waals surface area (Å²) >= 11 is 0. The third-order valence-electron chi connectivity index (χ3n) is 13.6. The Bertz CT molecular complexity index is 2540. The maximum Gasteiger partial charge on any atom is 0.160 e. The maximum atomic E-state index is 4.88. The average Bonchev–Trinajstić information content (AvgIpc) is 3.82. The van der Waals surface area contributed by atoms with Crippen LogP contribution in [0.2, 0.25) is 0 Å². The third kappa shape index (κ3) is 11.9. The molecule has 2 fully saturated rings. The number of likely N-dealkylation sites (N-methyl/N-ethyl adjacent to an activating group) is 2. The molecule has 10 heteroatoms. The number of aryl methyl sites for hydroxylation is 6. The third-order valence-corrected chi connectivity index (χ3v) is 13.6. The number of benzene rings is 2. The van der Waals surface area contributed by atoms with Gasteiger partial charge in [-0.05, 0) is 99.6 Å². The highest BCUT2D eigenvalue weighted by Gasteiger charge is 2.27. The van der Waals surface area contributed by atoms with Crippen LogP contribution in [0, 0.1) is 33.6 Å². The molecule has 0 N–H and O–H groups in total. The minimum atomic E-state index is 0.634. The van der Waals surface area contributed by atoms with Crippen LogP contribution in [0.3, 0.4) is 0 Å². The lowest BCUT2D eigenvalue weighted by molar-refractivity contribution is 0.0733. The molecule has 2 aliphatic rings. The highest BCUT2D eigenvalue weighted by Crippen LogP contribution is 2.24. The van der Waals surface area contributed by atoms with Crippen molar-refractivity contribution in [2.45, 2.75) is 107 Å². The van der Waals surface area contributed by atoms with Crippen LogP contribution in [0.15, 0.2) is 72.8 Å². The lowest BCUT2D eigenvalue weighted by Crippen LogP contribution is -2.53. The number of aromatic nitrogens is 6. The number of rotatable bonds is 14. The molecule has 65 heavy (non-hydrogen) atoms. The van der Waals surface area contributed by atoms with E-state index in [-0.39, 0.29) is 0 Å². The van der Waals surface area contributed by atoms with Crippen molar-refractivity contribution in [2.24, 2.45) is 5.92 Å². The molecule has 2 saturated heterocycles. The largest absolute Gasteiger partial charge is 0.308 e. The van der Waals surface area contributed by atoms with Crippen molar-refractivity contribution in [1.82, 2.24) is 48.7 Å². The molecule has 8 rings (SSSR count). The summed E-state index contributed by atoms with van der Waals surface area (Å²) in [6.07, 6.45) is 10.9. The van der Waals surface area contributed by atoms with Crippen molar-refractivity contribution >= 4 is 34.5 Å². The number of fused-ring (bicyclic) bond motifs is 2.